The average molecular weight is 320 g/mol. The number of nitrogens with zero attached hydrogens (tertiary/aromatic N) is 1. The predicted octanol–water partition coefficient (Wildman–Crippen LogP) is 1.07. The van der Waals surface area contributed by atoms with Crippen molar-refractivity contribution in [3.63, 3.8) is 0 Å². The van der Waals surface area contributed by atoms with Gasteiger partial charge in [-0.3, -0.25) is 9.52 Å². The molecular weight excluding hydrogens is 304 g/mol. The second kappa shape index (κ2) is 5.71. The Labute approximate surface area is 129 Å². The first kappa shape index (κ1) is 15.0. The summed E-state index contributed by atoms with van der Waals surface area (Å²) in [6.45, 7) is 0. The summed E-state index contributed by atoms with van der Waals surface area (Å²) in [6, 6.07) is 8.41. The molecule has 0 spiro atoms. The van der Waals surface area contributed by atoms with Gasteiger partial charge in [-0.1, -0.05) is 18.2 Å². The molecular formula is C15H16N2O4S. The van der Waals surface area contributed by atoms with E-state index in [9.17, 15) is 13.2 Å². The maximum atomic E-state index is 12.2. The van der Waals surface area contributed by atoms with Gasteiger partial charge in [0.15, 0.2) is 0 Å². The van der Waals surface area contributed by atoms with E-state index >= 15 is 0 Å². The number of benzene rings is 1. The lowest BCUT2D eigenvalue weighted by molar-refractivity contribution is -0.124. The lowest BCUT2D eigenvalue weighted by atomic mass is 9.89. The Morgan fingerprint density at radius 2 is 2.14 bits per heavy atom. The van der Waals surface area contributed by atoms with Gasteiger partial charge in [-0.15, -0.1) is 0 Å². The van der Waals surface area contributed by atoms with Crippen LogP contribution in [0.1, 0.15) is 30.4 Å². The van der Waals surface area contributed by atoms with Gasteiger partial charge in [-0.05, 0) is 30.9 Å². The minimum absolute atomic E-state index is 0.0859. The van der Waals surface area contributed by atoms with E-state index in [1.807, 2.05) is 6.07 Å². The number of nitrogens with one attached hydrogen (secondary N) is 1. The summed E-state index contributed by atoms with van der Waals surface area (Å²) in [5.41, 5.74) is 0.679. The summed E-state index contributed by atoms with van der Waals surface area (Å²) in [5, 5.41) is 8.99. The smallest absolute Gasteiger partial charge is 0.239 e. The zero-order chi connectivity index (χ0) is 15.7. The van der Waals surface area contributed by atoms with E-state index in [2.05, 4.69) is 4.72 Å². The van der Waals surface area contributed by atoms with Gasteiger partial charge >= 0.3 is 0 Å². The van der Waals surface area contributed by atoms with Crippen LogP contribution < -0.4 is 4.72 Å². The Morgan fingerprint density at radius 1 is 1.36 bits per heavy atom. The molecule has 22 heavy (non-hydrogen) atoms. The Hall–Kier alpha value is -1.91. The number of nitriles is 1. The van der Waals surface area contributed by atoms with Crippen LogP contribution in [0.2, 0.25) is 0 Å². The molecule has 116 valence electrons. The topological polar surface area (TPSA) is 96.3 Å². The fraction of sp³-hybridized carbons (Fsp3) is 0.467. The first-order valence-electron chi connectivity index (χ1n) is 7.16. The van der Waals surface area contributed by atoms with Crippen LogP contribution in [0, 0.1) is 17.2 Å². The molecule has 3 rings (SSSR count). The minimum Gasteiger partial charge on any atom is -0.374 e. The molecule has 2 aliphatic heterocycles. The van der Waals surface area contributed by atoms with Crippen molar-refractivity contribution in [3.05, 3.63) is 35.4 Å². The summed E-state index contributed by atoms with van der Waals surface area (Å²) in [6.07, 6.45) is 2.26. The van der Waals surface area contributed by atoms with Crippen molar-refractivity contribution < 1.29 is 17.9 Å². The van der Waals surface area contributed by atoms with E-state index < -0.39 is 15.9 Å². The summed E-state index contributed by atoms with van der Waals surface area (Å²) in [4.78, 5) is 12.2. The zero-order valence-electron chi connectivity index (χ0n) is 11.9. The number of amides is 1. The van der Waals surface area contributed by atoms with E-state index in [1.54, 1.807) is 24.3 Å². The third-order valence-electron chi connectivity index (χ3n) is 4.18. The van der Waals surface area contributed by atoms with Gasteiger partial charge < -0.3 is 4.74 Å². The average Bonchev–Trinajstić information content (AvgIpc) is 3.09. The van der Waals surface area contributed by atoms with Crippen LogP contribution in [0.3, 0.4) is 0 Å². The number of carbonyl (C=O) groups excluding carboxylic acids is 1. The van der Waals surface area contributed by atoms with E-state index in [0.717, 1.165) is 12.8 Å². The molecule has 6 nitrogen and oxygen atoms in total. The van der Waals surface area contributed by atoms with E-state index in [1.165, 1.54) is 0 Å². The fourth-order valence-electron chi connectivity index (χ4n) is 3.14. The van der Waals surface area contributed by atoms with Crippen LogP contribution in [0.15, 0.2) is 24.3 Å². The molecule has 0 radical (unpaired) electrons. The summed E-state index contributed by atoms with van der Waals surface area (Å²) in [7, 11) is -3.83. The molecule has 2 aliphatic rings. The number of fused-ring (bicyclic) bond motifs is 2. The minimum atomic E-state index is -3.83. The molecule has 0 saturated carbocycles. The van der Waals surface area contributed by atoms with Crippen molar-refractivity contribution in [2.24, 2.45) is 5.92 Å². The summed E-state index contributed by atoms with van der Waals surface area (Å²) in [5.74, 6) is -1.27. The maximum absolute atomic E-state index is 12.2. The largest absolute Gasteiger partial charge is 0.374 e. The van der Waals surface area contributed by atoms with Crippen LogP contribution in [-0.2, 0) is 25.3 Å². The van der Waals surface area contributed by atoms with Gasteiger partial charge in [0.25, 0.3) is 0 Å². The van der Waals surface area contributed by atoms with Crippen molar-refractivity contribution in [1.29, 1.82) is 5.26 Å². The van der Waals surface area contributed by atoms with Gasteiger partial charge in [0, 0.05) is 0 Å². The Morgan fingerprint density at radius 3 is 2.77 bits per heavy atom. The van der Waals surface area contributed by atoms with E-state index in [0.29, 0.717) is 17.5 Å². The number of sulfonamides is 1. The molecule has 1 N–H and O–H groups in total. The molecule has 1 aromatic rings. The van der Waals surface area contributed by atoms with Crippen molar-refractivity contribution in [1.82, 2.24) is 4.72 Å². The van der Waals surface area contributed by atoms with Crippen molar-refractivity contribution in [2.45, 2.75) is 37.2 Å². The van der Waals surface area contributed by atoms with Crippen molar-refractivity contribution in [2.75, 3.05) is 0 Å². The molecule has 2 saturated heterocycles. The molecule has 7 heteroatoms. The monoisotopic (exact) mass is 320 g/mol. The van der Waals surface area contributed by atoms with Crippen LogP contribution in [-0.4, -0.2) is 26.5 Å². The van der Waals surface area contributed by atoms with Gasteiger partial charge in [-0.25, -0.2) is 8.42 Å². The van der Waals surface area contributed by atoms with Crippen LogP contribution in [0.25, 0.3) is 0 Å². The molecule has 3 atom stereocenters. The number of ether oxygens (including phenoxy) is 1. The number of hydrogen-bond donors (Lipinski definition) is 1. The molecule has 0 aliphatic carbocycles. The first-order valence-corrected chi connectivity index (χ1v) is 8.81. The lowest BCUT2D eigenvalue weighted by Gasteiger charge is -2.18. The molecule has 2 bridgehead atoms. The van der Waals surface area contributed by atoms with Crippen LogP contribution >= 0.6 is 0 Å². The molecule has 1 amide bonds. The molecule has 0 unspecified atom stereocenters. The Balaban J connectivity index is 1.69. The van der Waals surface area contributed by atoms with Crippen molar-refractivity contribution >= 4 is 15.9 Å². The summed E-state index contributed by atoms with van der Waals surface area (Å²) >= 11 is 0. The maximum Gasteiger partial charge on any atom is 0.239 e. The van der Waals surface area contributed by atoms with Gasteiger partial charge in [0.2, 0.25) is 15.9 Å². The highest BCUT2D eigenvalue weighted by Gasteiger charge is 2.45. The molecule has 0 aromatic heterocycles. The van der Waals surface area contributed by atoms with Gasteiger partial charge in [0.05, 0.1) is 35.5 Å². The van der Waals surface area contributed by atoms with E-state index in [-0.39, 0.29) is 23.9 Å². The number of rotatable bonds is 4. The van der Waals surface area contributed by atoms with Gasteiger partial charge in [0.1, 0.15) is 0 Å². The van der Waals surface area contributed by atoms with Crippen LogP contribution in [0.5, 0.6) is 0 Å². The predicted molar refractivity (Wildman–Crippen MR) is 77.9 cm³/mol. The van der Waals surface area contributed by atoms with Crippen LogP contribution in [0.4, 0.5) is 0 Å². The SMILES string of the molecule is N#Cc1ccccc1CS(=O)(=O)NC(=O)[C@H]1C[C@H]2CC[C@H]1O2. The third kappa shape index (κ3) is 2.98. The highest BCUT2D eigenvalue weighted by molar-refractivity contribution is 7.89. The highest BCUT2D eigenvalue weighted by Crippen LogP contribution is 2.38. The van der Waals surface area contributed by atoms with Gasteiger partial charge in [-0.2, -0.15) is 5.26 Å². The third-order valence-corrected chi connectivity index (χ3v) is 5.39. The molecule has 1 aromatic carbocycles. The normalized spacial score (nSPS) is 26.6. The Kier molecular flexibility index (Phi) is 3.89. The standard InChI is InChI=1S/C15H16N2O4S/c16-8-10-3-1-2-4-11(10)9-22(19,20)17-15(18)13-7-12-5-6-14(13)21-12/h1-4,12-14H,5-7,9H2,(H,17,18)/t12-,13+,14-/m1/s1. The Bertz CT molecular complexity index is 738. The fourth-order valence-corrected chi connectivity index (χ4v) is 4.33. The molecule has 2 fully saturated rings. The van der Waals surface area contributed by atoms with Crippen molar-refractivity contribution in [3.8, 4) is 6.07 Å². The first-order chi connectivity index (χ1) is 10.5. The molecule has 2 heterocycles. The number of carbonyl (C=O) groups is 1. The second-order valence-corrected chi connectivity index (χ2v) is 7.43. The van der Waals surface area contributed by atoms with E-state index in [4.69, 9.17) is 10.00 Å². The summed E-state index contributed by atoms with van der Waals surface area (Å²) < 4.78 is 32.0. The lowest BCUT2D eigenvalue weighted by Crippen LogP contribution is -2.40. The highest BCUT2D eigenvalue weighted by atomic mass is 32.2. The number of hydrogen-bond acceptors (Lipinski definition) is 5. The zero-order valence-corrected chi connectivity index (χ0v) is 12.7. The quantitative estimate of drug-likeness (QED) is 0.895. The second-order valence-electron chi connectivity index (χ2n) is 5.71.